The minimum atomic E-state index is 0.00778. The van der Waals surface area contributed by atoms with Gasteiger partial charge in [0.05, 0.1) is 7.11 Å². The van der Waals surface area contributed by atoms with Crippen LogP contribution in [0.1, 0.15) is 27.0 Å². The van der Waals surface area contributed by atoms with Gasteiger partial charge in [-0.05, 0) is 37.6 Å². The summed E-state index contributed by atoms with van der Waals surface area (Å²) in [6, 6.07) is 13.5. The van der Waals surface area contributed by atoms with Crippen molar-refractivity contribution in [3.63, 3.8) is 0 Å². The van der Waals surface area contributed by atoms with Crippen LogP contribution in [0.4, 0.5) is 0 Å². The first-order valence-corrected chi connectivity index (χ1v) is 6.54. The summed E-state index contributed by atoms with van der Waals surface area (Å²) in [5.74, 6) is 0.769. The fraction of sp³-hybridized carbons (Fsp3) is 0.167. The fourth-order valence-corrected chi connectivity index (χ4v) is 2.15. The number of aryl methyl sites for hydroxylation is 2. The molecule has 0 N–H and O–H groups in total. The fourth-order valence-electron chi connectivity index (χ4n) is 2.15. The average molecular weight is 266 g/mol. The van der Waals surface area contributed by atoms with Crippen LogP contribution in [0, 0.1) is 13.8 Å². The molecule has 20 heavy (non-hydrogen) atoms. The smallest absolute Gasteiger partial charge is 0.186 e. The second-order valence-electron chi connectivity index (χ2n) is 4.76. The van der Waals surface area contributed by atoms with E-state index in [0.29, 0.717) is 0 Å². The number of para-hydroxylation sites is 1. The maximum absolute atomic E-state index is 12.2. The van der Waals surface area contributed by atoms with Gasteiger partial charge in [0.15, 0.2) is 5.78 Å². The first-order valence-electron chi connectivity index (χ1n) is 6.54. The lowest BCUT2D eigenvalue weighted by atomic mass is 10.0. The molecule has 0 aliphatic carbocycles. The number of rotatable bonds is 4. The number of hydrogen-bond donors (Lipinski definition) is 0. The van der Waals surface area contributed by atoms with Gasteiger partial charge >= 0.3 is 0 Å². The van der Waals surface area contributed by atoms with Gasteiger partial charge in [0.2, 0.25) is 0 Å². The molecule has 2 nitrogen and oxygen atoms in total. The van der Waals surface area contributed by atoms with E-state index >= 15 is 0 Å². The van der Waals surface area contributed by atoms with E-state index in [0.717, 1.165) is 28.0 Å². The van der Waals surface area contributed by atoms with E-state index in [2.05, 4.69) is 0 Å². The molecular weight excluding hydrogens is 248 g/mol. The minimum absolute atomic E-state index is 0.00778. The SMILES string of the molecule is COc1ccccc1/C=C/C(=O)c1ccc(C)cc1C. The highest BCUT2D eigenvalue weighted by Crippen LogP contribution is 2.19. The number of benzene rings is 2. The minimum Gasteiger partial charge on any atom is -0.496 e. The van der Waals surface area contributed by atoms with Crippen LogP contribution in [0.3, 0.4) is 0 Å². The van der Waals surface area contributed by atoms with E-state index in [-0.39, 0.29) is 5.78 Å². The van der Waals surface area contributed by atoms with E-state index in [1.54, 1.807) is 19.3 Å². The molecular formula is C18H18O2. The Hall–Kier alpha value is -2.35. The zero-order valence-corrected chi connectivity index (χ0v) is 12.0. The van der Waals surface area contributed by atoms with E-state index in [1.165, 1.54) is 0 Å². The molecule has 0 spiro atoms. The zero-order valence-electron chi connectivity index (χ0n) is 12.0. The average Bonchev–Trinajstić information content (AvgIpc) is 2.45. The lowest BCUT2D eigenvalue weighted by Gasteiger charge is -2.04. The number of methoxy groups -OCH3 is 1. The van der Waals surface area contributed by atoms with Crippen molar-refractivity contribution in [3.05, 3.63) is 70.8 Å². The van der Waals surface area contributed by atoms with Gasteiger partial charge in [-0.1, -0.05) is 42.0 Å². The highest BCUT2D eigenvalue weighted by atomic mass is 16.5. The van der Waals surface area contributed by atoms with Crippen molar-refractivity contribution in [2.75, 3.05) is 7.11 Å². The second-order valence-corrected chi connectivity index (χ2v) is 4.76. The summed E-state index contributed by atoms with van der Waals surface area (Å²) in [6.45, 7) is 3.98. The highest BCUT2D eigenvalue weighted by molar-refractivity contribution is 6.07. The maximum Gasteiger partial charge on any atom is 0.186 e. The monoisotopic (exact) mass is 266 g/mol. The Balaban J connectivity index is 2.25. The molecule has 0 fully saturated rings. The third-order valence-electron chi connectivity index (χ3n) is 3.20. The standard InChI is InChI=1S/C18H18O2/c1-13-8-10-16(14(2)12-13)17(19)11-9-15-6-4-5-7-18(15)20-3/h4-12H,1-3H3/b11-9+. The first kappa shape index (κ1) is 14.1. The Bertz CT molecular complexity index is 654. The number of ether oxygens (including phenoxy) is 1. The van der Waals surface area contributed by atoms with Crippen LogP contribution in [-0.2, 0) is 0 Å². The van der Waals surface area contributed by atoms with E-state index in [1.807, 2.05) is 56.3 Å². The number of allylic oxidation sites excluding steroid dienone is 1. The third kappa shape index (κ3) is 3.15. The van der Waals surface area contributed by atoms with Crippen molar-refractivity contribution < 1.29 is 9.53 Å². The van der Waals surface area contributed by atoms with Crippen LogP contribution in [0.15, 0.2) is 48.5 Å². The summed E-state index contributed by atoms with van der Waals surface area (Å²) in [5, 5.41) is 0. The van der Waals surface area contributed by atoms with Gasteiger partial charge in [0.1, 0.15) is 5.75 Å². The van der Waals surface area contributed by atoms with Crippen LogP contribution in [0.2, 0.25) is 0 Å². The summed E-state index contributed by atoms with van der Waals surface area (Å²) in [4.78, 5) is 12.2. The molecule has 0 saturated heterocycles. The molecule has 0 radical (unpaired) electrons. The largest absolute Gasteiger partial charge is 0.496 e. The molecule has 0 aromatic heterocycles. The molecule has 0 bridgehead atoms. The molecule has 0 aliphatic heterocycles. The molecule has 0 amide bonds. The molecule has 2 heteroatoms. The normalized spacial score (nSPS) is 10.8. The number of carbonyl (C=O) groups is 1. The van der Waals surface area contributed by atoms with Gasteiger partial charge in [-0.15, -0.1) is 0 Å². The van der Waals surface area contributed by atoms with Crippen molar-refractivity contribution in [3.8, 4) is 5.75 Å². The Morgan fingerprint density at radius 1 is 1.10 bits per heavy atom. The second kappa shape index (κ2) is 6.20. The van der Waals surface area contributed by atoms with E-state index in [9.17, 15) is 4.79 Å². The summed E-state index contributed by atoms with van der Waals surface area (Å²) in [5.41, 5.74) is 3.79. The van der Waals surface area contributed by atoms with Gasteiger partial charge in [0, 0.05) is 11.1 Å². The molecule has 0 aliphatic rings. The summed E-state index contributed by atoms with van der Waals surface area (Å²) in [6.07, 6.45) is 3.38. The van der Waals surface area contributed by atoms with Crippen LogP contribution in [0.5, 0.6) is 5.75 Å². The van der Waals surface area contributed by atoms with E-state index < -0.39 is 0 Å². The van der Waals surface area contributed by atoms with Gasteiger partial charge in [-0.3, -0.25) is 4.79 Å². The Labute approximate surface area is 119 Å². The van der Waals surface area contributed by atoms with Gasteiger partial charge in [-0.2, -0.15) is 0 Å². The predicted molar refractivity (Wildman–Crippen MR) is 82.3 cm³/mol. The predicted octanol–water partition coefficient (Wildman–Crippen LogP) is 4.21. The van der Waals surface area contributed by atoms with Crippen LogP contribution >= 0.6 is 0 Å². The summed E-state index contributed by atoms with van der Waals surface area (Å²) < 4.78 is 5.26. The zero-order chi connectivity index (χ0) is 14.5. The Morgan fingerprint density at radius 3 is 2.55 bits per heavy atom. The first-order chi connectivity index (χ1) is 9.61. The molecule has 2 rings (SSSR count). The van der Waals surface area contributed by atoms with Crippen molar-refractivity contribution in [2.24, 2.45) is 0 Å². The Morgan fingerprint density at radius 2 is 1.85 bits per heavy atom. The van der Waals surface area contributed by atoms with Crippen molar-refractivity contribution in [1.29, 1.82) is 0 Å². The lowest BCUT2D eigenvalue weighted by molar-refractivity contribution is 0.104. The highest BCUT2D eigenvalue weighted by Gasteiger charge is 2.06. The number of carbonyl (C=O) groups excluding carboxylic acids is 1. The Kier molecular flexibility index (Phi) is 4.36. The van der Waals surface area contributed by atoms with Gasteiger partial charge in [0.25, 0.3) is 0 Å². The molecule has 0 unspecified atom stereocenters. The lowest BCUT2D eigenvalue weighted by Crippen LogP contribution is -1.98. The summed E-state index contributed by atoms with van der Waals surface area (Å²) >= 11 is 0. The van der Waals surface area contributed by atoms with Crippen LogP contribution in [-0.4, -0.2) is 12.9 Å². The van der Waals surface area contributed by atoms with Gasteiger partial charge in [-0.25, -0.2) is 0 Å². The van der Waals surface area contributed by atoms with Gasteiger partial charge < -0.3 is 4.74 Å². The molecule has 0 heterocycles. The molecule has 2 aromatic rings. The molecule has 102 valence electrons. The van der Waals surface area contributed by atoms with Crippen molar-refractivity contribution >= 4 is 11.9 Å². The van der Waals surface area contributed by atoms with Crippen LogP contribution in [0.25, 0.3) is 6.08 Å². The van der Waals surface area contributed by atoms with Crippen molar-refractivity contribution in [1.82, 2.24) is 0 Å². The number of ketones is 1. The maximum atomic E-state index is 12.2. The summed E-state index contributed by atoms with van der Waals surface area (Å²) in [7, 11) is 1.62. The van der Waals surface area contributed by atoms with Crippen molar-refractivity contribution in [2.45, 2.75) is 13.8 Å². The quantitative estimate of drug-likeness (QED) is 0.612. The third-order valence-corrected chi connectivity index (χ3v) is 3.20. The molecule has 0 atom stereocenters. The molecule has 0 saturated carbocycles. The molecule has 2 aromatic carbocycles. The van der Waals surface area contributed by atoms with Crippen LogP contribution < -0.4 is 4.74 Å². The van der Waals surface area contributed by atoms with E-state index in [4.69, 9.17) is 4.74 Å². The topological polar surface area (TPSA) is 26.3 Å². The number of hydrogen-bond acceptors (Lipinski definition) is 2.